The molecule has 1 aliphatic heterocycles. The molecular formula is C17H25F2NO2. The van der Waals surface area contributed by atoms with Gasteiger partial charge in [-0.15, -0.1) is 0 Å². The van der Waals surface area contributed by atoms with Crippen LogP contribution in [0.1, 0.15) is 44.8 Å². The van der Waals surface area contributed by atoms with Crippen LogP contribution in [0.4, 0.5) is 8.78 Å². The summed E-state index contributed by atoms with van der Waals surface area (Å²) in [5, 5.41) is 13.6. The van der Waals surface area contributed by atoms with Gasteiger partial charge in [-0.2, -0.15) is 0 Å². The zero-order valence-corrected chi connectivity index (χ0v) is 13.2. The molecule has 2 N–H and O–H groups in total. The van der Waals surface area contributed by atoms with E-state index in [0.29, 0.717) is 11.5 Å². The SMILES string of the molecule is CC(CC1CCOCC1)NC(C)C(O)c1ccc(F)c(F)c1. The fraction of sp³-hybridized carbons (Fsp3) is 0.647. The average Bonchev–Trinajstić information content (AvgIpc) is 2.50. The number of hydrogen-bond acceptors (Lipinski definition) is 3. The Kier molecular flexibility index (Phi) is 6.29. The minimum atomic E-state index is -0.931. The summed E-state index contributed by atoms with van der Waals surface area (Å²) in [6.45, 7) is 5.59. The smallest absolute Gasteiger partial charge is 0.159 e. The molecule has 0 saturated carbocycles. The van der Waals surface area contributed by atoms with Crippen molar-refractivity contribution in [3.05, 3.63) is 35.4 Å². The maximum absolute atomic E-state index is 13.3. The fourth-order valence-electron chi connectivity index (χ4n) is 3.08. The molecule has 1 saturated heterocycles. The predicted octanol–water partition coefficient (Wildman–Crippen LogP) is 3.18. The Labute approximate surface area is 130 Å². The van der Waals surface area contributed by atoms with Gasteiger partial charge in [0.25, 0.3) is 0 Å². The lowest BCUT2D eigenvalue weighted by Crippen LogP contribution is -2.40. The maximum atomic E-state index is 13.3. The van der Waals surface area contributed by atoms with Crippen molar-refractivity contribution in [2.24, 2.45) is 5.92 Å². The van der Waals surface area contributed by atoms with Crippen molar-refractivity contribution >= 4 is 0 Å². The number of rotatable bonds is 6. The quantitative estimate of drug-likeness (QED) is 0.847. The van der Waals surface area contributed by atoms with Crippen LogP contribution in [-0.2, 0) is 4.74 Å². The number of halogens is 2. The summed E-state index contributed by atoms with van der Waals surface area (Å²) in [5.74, 6) is -1.19. The van der Waals surface area contributed by atoms with Crippen molar-refractivity contribution in [3.63, 3.8) is 0 Å². The van der Waals surface area contributed by atoms with Gasteiger partial charge in [-0.05, 0) is 56.7 Å². The van der Waals surface area contributed by atoms with Gasteiger partial charge in [0, 0.05) is 25.3 Å². The second-order valence-corrected chi connectivity index (χ2v) is 6.27. The van der Waals surface area contributed by atoms with Crippen LogP contribution in [0.3, 0.4) is 0 Å². The van der Waals surface area contributed by atoms with Gasteiger partial charge in [0.05, 0.1) is 6.10 Å². The monoisotopic (exact) mass is 313 g/mol. The first kappa shape index (κ1) is 17.3. The van der Waals surface area contributed by atoms with Crippen LogP contribution < -0.4 is 5.32 Å². The summed E-state index contributed by atoms with van der Waals surface area (Å²) < 4.78 is 31.6. The van der Waals surface area contributed by atoms with E-state index in [9.17, 15) is 13.9 Å². The van der Waals surface area contributed by atoms with E-state index in [4.69, 9.17) is 4.74 Å². The Balaban J connectivity index is 1.86. The van der Waals surface area contributed by atoms with Gasteiger partial charge in [-0.3, -0.25) is 0 Å². The first-order chi connectivity index (χ1) is 10.5. The Hall–Kier alpha value is -1.04. The molecule has 1 heterocycles. The van der Waals surface area contributed by atoms with Crippen molar-refractivity contribution in [1.29, 1.82) is 0 Å². The van der Waals surface area contributed by atoms with Gasteiger partial charge in [0.15, 0.2) is 11.6 Å². The van der Waals surface area contributed by atoms with E-state index in [1.54, 1.807) is 0 Å². The van der Waals surface area contributed by atoms with Gasteiger partial charge < -0.3 is 15.2 Å². The topological polar surface area (TPSA) is 41.5 Å². The summed E-state index contributed by atoms with van der Waals surface area (Å²) in [7, 11) is 0. The highest BCUT2D eigenvalue weighted by molar-refractivity contribution is 5.21. The van der Waals surface area contributed by atoms with E-state index in [0.717, 1.165) is 44.6 Å². The zero-order valence-electron chi connectivity index (χ0n) is 13.2. The standard InChI is InChI=1S/C17H25F2NO2/c1-11(9-13-5-7-22-8-6-13)20-12(2)17(21)14-3-4-15(18)16(19)10-14/h3-4,10-13,17,20-21H,5-9H2,1-2H3. The lowest BCUT2D eigenvalue weighted by molar-refractivity contribution is 0.0589. The van der Waals surface area contributed by atoms with Gasteiger partial charge >= 0.3 is 0 Å². The molecule has 1 fully saturated rings. The zero-order chi connectivity index (χ0) is 16.1. The molecule has 2 rings (SSSR count). The Morgan fingerprint density at radius 3 is 2.55 bits per heavy atom. The van der Waals surface area contributed by atoms with Crippen LogP contribution in [0, 0.1) is 17.6 Å². The number of aliphatic hydroxyl groups is 1. The maximum Gasteiger partial charge on any atom is 0.159 e. The lowest BCUT2D eigenvalue weighted by Gasteiger charge is -2.29. The second kappa shape index (κ2) is 7.99. The highest BCUT2D eigenvalue weighted by Gasteiger charge is 2.22. The molecular weight excluding hydrogens is 288 g/mol. The van der Waals surface area contributed by atoms with Crippen molar-refractivity contribution in [2.75, 3.05) is 13.2 Å². The summed E-state index contributed by atoms with van der Waals surface area (Å²) in [6.07, 6.45) is 2.31. The van der Waals surface area contributed by atoms with E-state index in [-0.39, 0.29) is 12.1 Å². The molecule has 124 valence electrons. The largest absolute Gasteiger partial charge is 0.387 e. The van der Waals surface area contributed by atoms with Crippen molar-refractivity contribution in [3.8, 4) is 0 Å². The van der Waals surface area contributed by atoms with Gasteiger partial charge in [0.1, 0.15) is 0 Å². The normalized spacial score (nSPS) is 20.6. The number of benzene rings is 1. The van der Waals surface area contributed by atoms with E-state index >= 15 is 0 Å². The van der Waals surface area contributed by atoms with Gasteiger partial charge in [-0.1, -0.05) is 6.07 Å². The molecule has 1 aliphatic rings. The van der Waals surface area contributed by atoms with E-state index in [1.165, 1.54) is 6.07 Å². The number of nitrogens with one attached hydrogen (secondary N) is 1. The summed E-state index contributed by atoms with van der Waals surface area (Å²) in [4.78, 5) is 0. The van der Waals surface area contributed by atoms with Crippen molar-refractivity contribution in [2.45, 2.75) is 51.3 Å². The van der Waals surface area contributed by atoms with Crippen LogP contribution in [0.5, 0.6) is 0 Å². The first-order valence-corrected chi connectivity index (χ1v) is 7.94. The van der Waals surface area contributed by atoms with E-state index in [2.05, 4.69) is 12.2 Å². The number of ether oxygens (including phenoxy) is 1. The summed E-state index contributed by atoms with van der Waals surface area (Å²) in [6, 6.07) is 3.54. The average molecular weight is 313 g/mol. The van der Waals surface area contributed by atoms with E-state index < -0.39 is 17.7 Å². The highest BCUT2D eigenvalue weighted by Crippen LogP contribution is 2.23. The van der Waals surface area contributed by atoms with E-state index in [1.807, 2.05) is 6.92 Å². The third kappa shape index (κ3) is 4.73. The summed E-state index contributed by atoms with van der Waals surface area (Å²) in [5.41, 5.74) is 0.386. The Morgan fingerprint density at radius 1 is 1.23 bits per heavy atom. The molecule has 1 aromatic rings. The van der Waals surface area contributed by atoms with Crippen molar-refractivity contribution < 1.29 is 18.6 Å². The molecule has 1 aromatic carbocycles. The summed E-state index contributed by atoms with van der Waals surface area (Å²) >= 11 is 0. The lowest BCUT2D eigenvalue weighted by atomic mass is 9.92. The number of hydrogen-bond donors (Lipinski definition) is 2. The Morgan fingerprint density at radius 2 is 1.91 bits per heavy atom. The molecule has 0 radical (unpaired) electrons. The third-order valence-electron chi connectivity index (χ3n) is 4.33. The van der Waals surface area contributed by atoms with Crippen LogP contribution in [0.25, 0.3) is 0 Å². The highest BCUT2D eigenvalue weighted by atomic mass is 19.2. The molecule has 0 bridgehead atoms. The van der Waals surface area contributed by atoms with Crippen LogP contribution in [-0.4, -0.2) is 30.4 Å². The Bertz CT molecular complexity index is 478. The molecule has 22 heavy (non-hydrogen) atoms. The third-order valence-corrected chi connectivity index (χ3v) is 4.33. The van der Waals surface area contributed by atoms with Gasteiger partial charge in [0.2, 0.25) is 0 Å². The molecule has 0 amide bonds. The molecule has 0 aromatic heterocycles. The predicted molar refractivity (Wildman–Crippen MR) is 81.5 cm³/mol. The first-order valence-electron chi connectivity index (χ1n) is 7.94. The van der Waals surface area contributed by atoms with Crippen LogP contribution in [0.15, 0.2) is 18.2 Å². The minimum absolute atomic E-state index is 0.236. The molecule has 0 spiro atoms. The number of aliphatic hydroxyl groups excluding tert-OH is 1. The molecule has 0 aliphatic carbocycles. The molecule has 3 atom stereocenters. The van der Waals surface area contributed by atoms with Gasteiger partial charge in [-0.25, -0.2) is 8.78 Å². The molecule has 3 nitrogen and oxygen atoms in total. The second-order valence-electron chi connectivity index (χ2n) is 6.27. The molecule has 5 heteroatoms. The fourth-order valence-corrected chi connectivity index (χ4v) is 3.08. The van der Waals surface area contributed by atoms with Crippen molar-refractivity contribution in [1.82, 2.24) is 5.32 Å². The van der Waals surface area contributed by atoms with Crippen LogP contribution in [0.2, 0.25) is 0 Å². The van der Waals surface area contributed by atoms with Crippen LogP contribution >= 0.6 is 0 Å². The molecule has 3 unspecified atom stereocenters. The minimum Gasteiger partial charge on any atom is -0.387 e.